The highest BCUT2D eigenvalue weighted by Gasteiger charge is 2.12. The summed E-state index contributed by atoms with van der Waals surface area (Å²) >= 11 is 0. The molecular weight excluding hydrogens is 250 g/mol. The van der Waals surface area contributed by atoms with E-state index in [-0.39, 0.29) is 18.0 Å². The number of halogens is 2. The summed E-state index contributed by atoms with van der Waals surface area (Å²) < 4.78 is 31.2. The Balaban J connectivity index is 2.18. The third kappa shape index (κ3) is 3.29. The van der Waals surface area contributed by atoms with Crippen molar-refractivity contribution in [3.05, 3.63) is 65.2 Å². The molecule has 2 nitrogen and oxygen atoms in total. The zero-order valence-corrected chi connectivity index (χ0v) is 10.4. The Morgan fingerprint density at radius 3 is 2.63 bits per heavy atom. The van der Waals surface area contributed by atoms with Crippen LogP contribution in [0.4, 0.5) is 8.78 Å². The van der Waals surface area contributed by atoms with Crippen molar-refractivity contribution < 1.29 is 18.6 Å². The Kier molecular flexibility index (Phi) is 4.12. The first-order valence-corrected chi connectivity index (χ1v) is 5.86. The van der Waals surface area contributed by atoms with Crippen LogP contribution in [0, 0.1) is 11.6 Å². The molecule has 1 atom stereocenters. The number of benzene rings is 2. The highest BCUT2D eigenvalue weighted by Crippen LogP contribution is 2.25. The molecule has 100 valence electrons. The van der Waals surface area contributed by atoms with E-state index >= 15 is 0 Å². The minimum Gasteiger partial charge on any atom is -0.494 e. The summed E-state index contributed by atoms with van der Waals surface area (Å²) in [6, 6.07) is 10.2. The van der Waals surface area contributed by atoms with Gasteiger partial charge in [-0.1, -0.05) is 18.2 Å². The molecule has 2 aromatic carbocycles. The Bertz CT molecular complexity index is 570. The maximum atomic E-state index is 13.3. The number of rotatable bonds is 4. The maximum absolute atomic E-state index is 13.3. The van der Waals surface area contributed by atoms with Gasteiger partial charge in [0.25, 0.3) is 0 Å². The molecule has 0 aromatic heterocycles. The molecular formula is C15H14F2O2. The zero-order chi connectivity index (χ0) is 13.8. The molecule has 2 aromatic rings. The second-order valence-electron chi connectivity index (χ2n) is 4.24. The standard InChI is InChI=1S/C15H14F2O2/c1-19-15-9-11(5-6-13(15)17)14(18)8-10-3-2-4-12(16)7-10/h2-7,9,14,18H,8H2,1H3. The van der Waals surface area contributed by atoms with Crippen LogP contribution in [-0.2, 0) is 6.42 Å². The van der Waals surface area contributed by atoms with Gasteiger partial charge in [0.05, 0.1) is 13.2 Å². The molecule has 19 heavy (non-hydrogen) atoms. The Morgan fingerprint density at radius 2 is 1.95 bits per heavy atom. The smallest absolute Gasteiger partial charge is 0.165 e. The Morgan fingerprint density at radius 1 is 1.16 bits per heavy atom. The van der Waals surface area contributed by atoms with Crippen LogP contribution in [0.2, 0.25) is 0 Å². The van der Waals surface area contributed by atoms with E-state index in [2.05, 4.69) is 0 Å². The number of ether oxygens (including phenoxy) is 1. The molecule has 1 N–H and O–H groups in total. The average molecular weight is 264 g/mol. The molecule has 1 unspecified atom stereocenters. The predicted molar refractivity (Wildman–Crippen MR) is 68.0 cm³/mol. The van der Waals surface area contributed by atoms with Gasteiger partial charge >= 0.3 is 0 Å². The minimum absolute atomic E-state index is 0.0794. The van der Waals surface area contributed by atoms with Crippen molar-refractivity contribution in [2.24, 2.45) is 0 Å². The van der Waals surface area contributed by atoms with Crippen molar-refractivity contribution in [2.45, 2.75) is 12.5 Å². The van der Waals surface area contributed by atoms with Crippen LogP contribution in [0.3, 0.4) is 0 Å². The summed E-state index contributed by atoms with van der Waals surface area (Å²) in [6.45, 7) is 0. The summed E-state index contributed by atoms with van der Waals surface area (Å²) in [7, 11) is 1.36. The molecule has 4 heteroatoms. The molecule has 0 bridgehead atoms. The fourth-order valence-electron chi connectivity index (χ4n) is 1.89. The Hall–Kier alpha value is -1.94. The van der Waals surface area contributed by atoms with Gasteiger partial charge < -0.3 is 9.84 Å². The van der Waals surface area contributed by atoms with Gasteiger partial charge in [0.15, 0.2) is 11.6 Å². The van der Waals surface area contributed by atoms with Gasteiger partial charge in [0.2, 0.25) is 0 Å². The van der Waals surface area contributed by atoms with E-state index in [1.165, 1.54) is 37.4 Å². The highest BCUT2D eigenvalue weighted by atomic mass is 19.1. The molecule has 0 spiro atoms. The minimum atomic E-state index is -0.837. The summed E-state index contributed by atoms with van der Waals surface area (Å²) in [6.07, 6.45) is -0.580. The average Bonchev–Trinajstić information content (AvgIpc) is 2.39. The number of hydrogen-bond donors (Lipinski definition) is 1. The molecule has 0 heterocycles. The van der Waals surface area contributed by atoms with Gasteiger partial charge in [0, 0.05) is 6.42 Å². The molecule has 0 aliphatic carbocycles. The summed E-state index contributed by atoms with van der Waals surface area (Å²) in [5, 5.41) is 10.1. The van der Waals surface area contributed by atoms with Crippen molar-refractivity contribution >= 4 is 0 Å². The van der Waals surface area contributed by atoms with Gasteiger partial charge in [-0.2, -0.15) is 0 Å². The molecule has 0 radical (unpaired) electrons. The number of hydrogen-bond acceptors (Lipinski definition) is 2. The van der Waals surface area contributed by atoms with E-state index in [1.807, 2.05) is 0 Å². The molecule has 0 aliphatic heterocycles. The normalized spacial score (nSPS) is 12.2. The highest BCUT2D eigenvalue weighted by molar-refractivity contribution is 5.32. The lowest BCUT2D eigenvalue weighted by molar-refractivity contribution is 0.177. The molecule has 0 aliphatic rings. The van der Waals surface area contributed by atoms with Crippen LogP contribution in [-0.4, -0.2) is 12.2 Å². The fraction of sp³-hybridized carbons (Fsp3) is 0.200. The number of methoxy groups -OCH3 is 1. The van der Waals surface area contributed by atoms with Crippen LogP contribution in [0.1, 0.15) is 17.2 Å². The van der Waals surface area contributed by atoms with Crippen LogP contribution in [0.15, 0.2) is 42.5 Å². The molecule has 0 saturated heterocycles. The summed E-state index contributed by atoms with van der Waals surface area (Å²) in [5.74, 6) is -0.749. The van der Waals surface area contributed by atoms with Crippen molar-refractivity contribution in [1.82, 2.24) is 0 Å². The molecule has 2 rings (SSSR count). The fourth-order valence-corrected chi connectivity index (χ4v) is 1.89. The van der Waals surface area contributed by atoms with Gasteiger partial charge in [-0.15, -0.1) is 0 Å². The first kappa shape index (κ1) is 13.5. The van der Waals surface area contributed by atoms with E-state index < -0.39 is 11.9 Å². The van der Waals surface area contributed by atoms with E-state index in [4.69, 9.17) is 4.74 Å². The molecule has 0 amide bonds. The lowest BCUT2D eigenvalue weighted by Gasteiger charge is -2.12. The Labute approximate surface area is 110 Å². The van der Waals surface area contributed by atoms with E-state index in [0.717, 1.165) is 0 Å². The third-order valence-corrected chi connectivity index (χ3v) is 2.88. The zero-order valence-electron chi connectivity index (χ0n) is 10.4. The van der Waals surface area contributed by atoms with Gasteiger partial charge in [0.1, 0.15) is 5.82 Å². The van der Waals surface area contributed by atoms with E-state index in [9.17, 15) is 13.9 Å². The first-order chi connectivity index (χ1) is 9.10. The van der Waals surface area contributed by atoms with Crippen LogP contribution in [0.5, 0.6) is 5.75 Å². The van der Waals surface area contributed by atoms with Crippen molar-refractivity contribution in [3.8, 4) is 5.75 Å². The van der Waals surface area contributed by atoms with Crippen molar-refractivity contribution in [1.29, 1.82) is 0 Å². The predicted octanol–water partition coefficient (Wildman–Crippen LogP) is 3.25. The SMILES string of the molecule is COc1cc(C(O)Cc2cccc(F)c2)ccc1F. The van der Waals surface area contributed by atoms with Gasteiger partial charge in [-0.25, -0.2) is 8.78 Å². The second kappa shape index (κ2) is 5.80. The van der Waals surface area contributed by atoms with Crippen LogP contribution >= 0.6 is 0 Å². The topological polar surface area (TPSA) is 29.5 Å². The third-order valence-electron chi connectivity index (χ3n) is 2.88. The second-order valence-corrected chi connectivity index (χ2v) is 4.24. The first-order valence-electron chi connectivity index (χ1n) is 5.86. The van der Waals surface area contributed by atoms with E-state index in [0.29, 0.717) is 11.1 Å². The van der Waals surface area contributed by atoms with Crippen molar-refractivity contribution in [3.63, 3.8) is 0 Å². The molecule has 0 saturated carbocycles. The van der Waals surface area contributed by atoms with Gasteiger partial charge in [-0.05, 0) is 35.4 Å². The van der Waals surface area contributed by atoms with Crippen LogP contribution < -0.4 is 4.74 Å². The maximum Gasteiger partial charge on any atom is 0.165 e. The van der Waals surface area contributed by atoms with Gasteiger partial charge in [-0.3, -0.25) is 0 Å². The lowest BCUT2D eigenvalue weighted by atomic mass is 10.0. The summed E-state index contributed by atoms with van der Waals surface area (Å²) in [4.78, 5) is 0. The monoisotopic (exact) mass is 264 g/mol. The van der Waals surface area contributed by atoms with Crippen molar-refractivity contribution in [2.75, 3.05) is 7.11 Å². The molecule has 0 fully saturated rings. The van der Waals surface area contributed by atoms with Crippen LogP contribution in [0.25, 0.3) is 0 Å². The quantitative estimate of drug-likeness (QED) is 0.918. The summed E-state index contributed by atoms with van der Waals surface area (Å²) in [5.41, 5.74) is 1.21. The lowest BCUT2D eigenvalue weighted by Crippen LogP contribution is -2.03. The number of aliphatic hydroxyl groups is 1. The van der Waals surface area contributed by atoms with E-state index in [1.54, 1.807) is 12.1 Å². The number of aliphatic hydroxyl groups excluding tert-OH is 1. The largest absolute Gasteiger partial charge is 0.494 e.